The predicted molar refractivity (Wildman–Crippen MR) is 94.2 cm³/mol. The van der Waals surface area contributed by atoms with Crippen LogP contribution in [0.4, 0.5) is 0 Å². The molecule has 2 aromatic heterocycles. The lowest BCUT2D eigenvalue weighted by Crippen LogP contribution is -2.39. The molecule has 0 radical (unpaired) electrons. The highest BCUT2D eigenvalue weighted by Crippen LogP contribution is 2.11. The summed E-state index contributed by atoms with van der Waals surface area (Å²) in [6.07, 6.45) is 4.94. The SMILES string of the molecule is Cl.Cn1c(=O)c2c(ncn2CC(=N)N2CCCCC2)n(C)c1=O.O. The molecule has 3 N–H and O–H groups in total. The summed E-state index contributed by atoms with van der Waals surface area (Å²) >= 11 is 0. The number of aromatic nitrogens is 4. The summed E-state index contributed by atoms with van der Waals surface area (Å²) in [5.41, 5.74) is -0.0400. The standard InChI is InChI=1S/C14H20N6O2.ClH.H2O/c1-17-12-11(13(21)18(2)14(17)22)20(9-16-12)8-10(15)19-6-4-3-5-7-19;;/h9,15H,3-8H2,1-2H3;1H;1H2. The lowest BCUT2D eigenvalue weighted by atomic mass is 10.1. The van der Waals surface area contributed by atoms with Crippen molar-refractivity contribution in [1.82, 2.24) is 23.6 Å². The molecule has 0 amide bonds. The quantitative estimate of drug-likeness (QED) is 0.574. The van der Waals surface area contributed by atoms with Gasteiger partial charge < -0.3 is 14.9 Å². The average Bonchev–Trinajstić information content (AvgIpc) is 2.95. The fraction of sp³-hybridized carbons (Fsp3) is 0.571. The Kier molecular flexibility index (Phi) is 6.33. The van der Waals surface area contributed by atoms with Gasteiger partial charge in [-0.2, -0.15) is 0 Å². The third-order valence-corrected chi connectivity index (χ3v) is 4.28. The number of nitrogens with zero attached hydrogens (tertiary/aromatic N) is 5. The second-order valence-electron chi connectivity index (χ2n) is 5.74. The zero-order chi connectivity index (χ0) is 15.9. The summed E-state index contributed by atoms with van der Waals surface area (Å²) in [4.78, 5) is 30.5. The maximum atomic E-state index is 12.3. The smallest absolute Gasteiger partial charge is 0.332 e. The van der Waals surface area contributed by atoms with Gasteiger partial charge in [0, 0.05) is 27.2 Å². The van der Waals surface area contributed by atoms with E-state index in [1.165, 1.54) is 24.4 Å². The fourth-order valence-electron chi connectivity index (χ4n) is 2.94. The summed E-state index contributed by atoms with van der Waals surface area (Å²) in [7, 11) is 3.05. The van der Waals surface area contributed by atoms with Crippen LogP contribution >= 0.6 is 12.4 Å². The second-order valence-corrected chi connectivity index (χ2v) is 5.74. The highest BCUT2D eigenvalue weighted by Gasteiger charge is 2.18. The molecule has 0 aliphatic carbocycles. The normalized spacial score (nSPS) is 14.2. The lowest BCUT2D eigenvalue weighted by Gasteiger charge is -2.29. The molecular weight excluding hydrogens is 336 g/mol. The molecular formula is C14H23ClN6O3. The highest BCUT2D eigenvalue weighted by atomic mass is 35.5. The highest BCUT2D eigenvalue weighted by molar-refractivity contribution is 5.85. The lowest BCUT2D eigenvalue weighted by molar-refractivity contribution is 0.332. The van der Waals surface area contributed by atoms with Gasteiger partial charge in [-0.25, -0.2) is 9.78 Å². The van der Waals surface area contributed by atoms with Gasteiger partial charge in [0.05, 0.1) is 12.9 Å². The minimum atomic E-state index is -0.395. The number of piperidine rings is 1. The summed E-state index contributed by atoms with van der Waals surface area (Å²) in [6.45, 7) is 2.08. The molecule has 1 fully saturated rings. The fourth-order valence-corrected chi connectivity index (χ4v) is 2.94. The molecule has 9 nitrogen and oxygen atoms in total. The number of imidazole rings is 1. The third-order valence-electron chi connectivity index (χ3n) is 4.28. The maximum absolute atomic E-state index is 12.3. The molecule has 1 aliphatic heterocycles. The molecule has 3 heterocycles. The van der Waals surface area contributed by atoms with E-state index in [9.17, 15) is 9.59 Å². The van der Waals surface area contributed by atoms with Crippen LogP contribution in [0.5, 0.6) is 0 Å². The molecule has 0 spiro atoms. The van der Waals surface area contributed by atoms with E-state index < -0.39 is 5.69 Å². The van der Waals surface area contributed by atoms with Gasteiger partial charge in [-0.3, -0.25) is 19.3 Å². The van der Waals surface area contributed by atoms with Crippen LogP contribution in [0, 0.1) is 5.41 Å². The van der Waals surface area contributed by atoms with E-state index in [0.29, 0.717) is 23.5 Å². The van der Waals surface area contributed by atoms with E-state index in [-0.39, 0.29) is 23.4 Å². The number of halogens is 1. The van der Waals surface area contributed by atoms with Crippen LogP contribution in [-0.4, -0.2) is 48.0 Å². The van der Waals surface area contributed by atoms with Crippen molar-refractivity contribution in [3.05, 3.63) is 27.2 Å². The van der Waals surface area contributed by atoms with Crippen LogP contribution in [0.1, 0.15) is 19.3 Å². The number of hydrogen-bond acceptors (Lipinski definition) is 4. The van der Waals surface area contributed by atoms with E-state index in [1.54, 1.807) is 11.6 Å². The zero-order valence-electron chi connectivity index (χ0n) is 13.8. The Bertz CT molecular complexity index is 847. The van der Waals surface area contributed by atoms with Crippen molar-refractivity contribution in [1.29, 1.82) is 5.41 Å². The number of rotatable bonds is 2. The van der Waals surface area contributed by atoms with Crippen LogP contribution in [0.15, 0.2) is 15.9 Å². The van der Waals surface area contributed by atoms with E-state index in [4.69, 9.17) is 5.41 Å². The van der Waals surface area contributed by atoms with Gasteiger partial charge in [-0.1, -0.05) is 0 Å². The number of likely N-dealkylation sites (tertiary alicyclic amines) is 1. The molecule has 0 bridgehead atoms. The zero-order valence-corrected chi connectivity index (χ0v) is 14.6. The maximum Gasteiger partial charge on any atom is 0.332 e. The Hall–Kier alpha value is -2.13. The third kappa shape index (κ3) is 3.22. The van der Waals surface area contributed by atoms with Crippen molar-refractivity contribution < 1.29 is 5.48 Å². The van der Waals surface area contributed by atoms with Crippen molar-refractivity contribution in [2.45, 2.75) is 25.8 Å². The Balaban J connectivity index is 0.00000144. The molecule has 3 rings (SSSR count). The predicted octanol–water partition coefficient (Wildman–Crippen LogP) is -0.506. The number of aryl methyl sites for hydroxylation is 1. The van der Waals surface area contributed by atoms with E-state index in [1.807, 2.05) is 4.90 Å². The van der Waals surface area contributed by atoms with Gasteiger partial charge >= 0.3 is 5.69 Å². The molecule has 24 heavy (non-hydrogen) atoms. The van der Waals surface area contributed by atoms with Crippen LogP contribution < -0.4 is 11.2 Å². The van der Waals surface area contributed by atoms with E-state index >= 15 is 0 Å². The molecule has 0 saturated carbocycles. The number of amidine groups is 1. The van der Waals surface area contributed by atoms with Crippen LogP contribution in [0.2, 0.25) is 0 Å². The molecule has 1 aliphatic rings. The topological polar surface area (TPSA) is 120 Å². The first-order valence-corrected chi connectivity index (χ1v) is 7.44. The summed E-state index contributed by atoms with van der Waals surface area (Å²) in [5.74, 6) is 0.481. The molecule has 1 saturated heterocycles. The van der Waals surface area contributed by atoms with Gasteiger partial charge in [-0.15, -0.1) is 12.4 Å². The average molecular weight is 359 g/mol. The van der Waals surface area contributed by atoms with Crippen molar-refractivity contribution in [3.63, 3.8) is 0 Å². The minimum Gasteiger partial charge on any atom is -0.412 e. The van der Waals surface area contributed by atoms with Crippen molar-refractivity contribution in [2.75, 3.05) is 13.1 Å². The summed E-state index contributed by atoms with van der Waals surface area (Å²) < 4.78 is 4.09. The molecule has 0 aromatic carbocycles. The van der Waals surface area contributed by atoms with Gasteiger partial charge in [0.1, 0.15) is 5.84 Å². The van der Waals surface area contributed by atoms with Crippen LogP contribution in [-0.2, 0) is 20.6 Å². The van der Waals surface area contributed by atoms with Crippen molar-refractivity contribution in [3.8, 4) is 0 Å². The van der Waals surface area contributed by atoms with Gasteiger partial charge in [0.25, 0.3) is 5.56 Å². The number of fused-ring (bicyclic) bond motifs is 1. The molecule has 10 heteroatoms. The Morgan fingerprint density at radius 2 is 1.79 bits per heavy atom. The first-order chi connectivity index (χ1) is 10.5. The molecule has 0 unspecified atom stereocenters. The summed E-state index contributed by atoms with van der Waals surface area (Å²) in [6, 6.07) is 0. The number of nitrogens with one attached hydrogen (secondary N) is 1. The van der Waals surface area contributed by atoms with Crippen molar-refractivity contribution >= 4 is 29.4 Å². The minimum absolute atomic E-state index is 0. The molecule has 0 atom stereocenters. The van der Waals surface area contributed by atoms with Crippen molar-refractivity contribution in [2.24, 2.45) is 14.1 Å². The Morgan fingerprint density at radius 1 is 1.17 bits per heavy atom. The molecule has 134 valence electrons. The number of hydrogen-bond donors (Lipinski definition) is 1. The van der Waals surface area contributed by atoms with Gasteiger partial charge in [0.15, 0.2) is 11.2 Å². The Morgan fingerprint density at radius 3 is 2.42 bits per heavy atom. The van der Waals surface area contributed by atoms with E-state index in [0.717, 1.165) is 30.5 Å². The van der Waals surface area contributed by atoms with Crippen LogP contribution in [0.25, 0.3) is 11.2 Å². The van der Waals surface area contributed by atoms with Gasteiger partial charge in [-0.05, 0) is 19.3 Å². The summed E-state index contributed by atoms with van der Waals surface area (Å²) in [5, 5.41) is 8.25. The first-order valence-electron chi connectivity index (χ1n) is 7.44. The van der Waals surface area contributed by atoms with Gasteiger partial charge in [0.2, 0.25) is 0 Å². The van der Waals surface area contributed by atoms with Crippen LogP contribution in [0.3, 0.4) is 0 Å². The Labute approximate surface area is 144 Å². The monoisotopic (exact) mass is 358 g/mol. The second kappa shape index (κ2) is 7.63. The van der Waals surface area contributed by atoms with E-state index in [2.05, 4.69) is 4.98 Å². The largest absolute Gasteiger partial charge is 0.412 e. The molecule has 2 aromatic rings. The first kappa shape index (κ1) is 19.9.